The van der Waals surface area contributed by atoms with Crippen LogP contribution in [-0.4, -0.2) is 92.5 Å². The Labute approximate surface area is 342 Å². The molecule has 0 amide bonds. The van der Waals surface area contributed by atoms with Gasteiger partial charge < -0.3 is 38.1 Å². The number of hydrogen-bond acceptors (Lipinski definition) is 10. The van der Waals surface area contributed by atoms with E-state index in [0.717, 1.165) is 89.9 Å². The topological polar surface area (TPSA) is 152 Å². The van der Waals surface area contributed by atoms with E-state index in [1.165, 1.54) is 38.5 Å². The number of carbonyl (C=O) groups is 2. The molecular weight excluding hydrogens is 733 g/mol. The minimum atomic E-state index is -4.65. The molecule has 0 rings (SSSR count). The second-order valence-electron chi connectivity index (χ2n) is 16.4. The number of aliphatic hydroxyl groups excluding tert-OH is 2. The SMILES string of the molecule is CCCCCC[C@@H](O)C/C=C/CCCCCCCC(=O)OC[C@@H](COP(=O)([O-])OCC[N+](C)(C)C)OC(=O)CCCCCCC/C=C/C[C@H](O)CCCCCC. The van der Waals surface area contributed by atoms with Gasteiger partial charge in [-0.2, -0.15) is 0 Å². The summed E-state index contributed by atoms with van der Waals surface area (Å²) >= 11 is 0. The predicted molar refractivity (Wildman–Crippen MR) is 225 cm³/mol. The van der Waals surface area contributed by atoms with Crippen LogP contribution in [0.5, 0.6) is 0 Å². The maximum atomic E-state index is 12.7. The Hall–Kier alpha value is -1.59. The third-order valence-corrected chi connectivity index (χ3v) is 10.6. The van der Waals surface area contributed by atoms with Crippen molar-refractivity contribution in [1.29, 1.82) is 0 Å². The van der Waals surface area contributed by atoms with Crippen LogP contribution in [0.15, 0.2) is 24.3 Å². The normalized spacial score (nSPS) is 14.9. The summed E-state index contributed by atoms with van der Waals surface area (Å²) in [6.45, 7) is 3.97. The van der Waals surface area contributed by atoms with E-state index in [9.17, 15) is 29.3 Å². The van der Waals surface area contributed by atoms with Crippen molar-refractivity contribution in [2.45, 2.75) is 199 Å². The Balaban J connectivity index is 4.46. The zero-order valence-electron chi connectivity index (χ0n) is 36.3. The smallest absolute Gasteiger partial charge is 0.306 e. The number of rotatable bonds is 40. The third kappa shape index (κ3) is 39.2. The summed E-state index contributed by atoms with van der Waals surface area (Å²) in [6, 6.07) is 0. The van der Waals surface area contributed by atoms with Crippen LogP contribution in [0.25, 0.3) is 0 Å². The number of ether oxygens (including phenoxy) is 2. The molecule has 0 aromatic carbocycles. The molecule has 11 nitrogen and oxygen atoms in total. The standard InChI is InChI=1S/C44H84NO10P/c1-6-8-10-24-30-40(46)32-26-20-16-12-14-18-22-28-34-43(48)52-38-42(39-54-56(50,51)53-37-36-45(3,4)5)55-44(49)35-29-23-19-15-13-17-21-27-33-41(47)31-25-11-9-7-2/h20-21,26-27,40-42,46-47H,6-19,22-25,28-39H2,1-5H3/b26-20+,27-21+/t40-,41-,42+/m1/s1. The molecule has 56 heavy (non-hydrogen) atoms. The second kappa shape index (κ2) is 36.5. The van der Waals surface area contributed by atoms with Crippen molar-refractivity contribution in [3.8, 4) is 0 Å². The van der Waals surface area contributed by atoms with E-state index < -0.39 is 32.5 Å². The molecule has 0 aliphatic heterocycles. The number of nitrogens with zero attached hydrogens (tertiary/aromatic N) is 1. The van der Waals surface area contributed by atoms with Gasteiger partial charge >= 0.3 is 11.9 Å². The number of quaternary nitrogens is 1. The van der Waals surface area contributed by atoms with Crippen molar-refractivity contribution in [2.75, 3.05) is 47.5 Å². The van der Waals surface area contributed by atoms with Crippen LogP contribution >= 0.6 is 7.82 Å². The molecule has 330 valence electrons. The first-order valence-corrected chi connectivity index (χ1v) is 23.7. The van der Waals surface area contributed by atoms with Gasteiger partial charge in [0.15, 0.2) is 6.10 Å². The summed E-state index contributed by atoms with van der Waals surface area (Å²) in [4.78, 5) is 37.5. The lowest BCUT2D eigenvalue weighted by Crippen LogP contribution is -2.37. The lowest BCUT2D eigenvalue weighted by atomic mass is 10.1. The molecule has 0 radical (unpaired) electrons. The molecule has 0 bridgehead atoms. The summed E-state index contributed by atoms with van der Waals surface area (Å²) in [5, 5.41) is 20.1. The number of allylic oxidation sites excluding steroid dienone is 2. The van der Waals surface area contributed by atoms with Crippen LogP contribution in [0.1, 0.15) is 181 Å². The number of phosphoric acid groups is 1. The fraction of sp³-hybridized carbons (Fsp3) is 0.864. The average Bonchev–Trinajstić information content (AvgIpc) is 3.13. The van der Waals surface area contributed by atoms with E-state index in [0.29, 0.717) is 36.7 Å². The first-order chi connectivity index (χ1) is 26.8. The van der Waals surface area contributed by atoms with Crippen LogP contribution < -0.4 is 4.89 Å². The Kier molecular flexibility index (Phi) is 35.5. The number of likely N-dealkylation sites (N-methyl/N-ethyl adjacent to an activating group) is 1. The fourth-order valence-corrected chi connectivity index (χ4v) is 6.70. The maximum absolute atomic E-state index is 12.7. The van der Waals surface area contributed by atoms with Crippen molar-refractivity contribution in [3.05, 3.63) is 24.3 Å². The van der Waals surface area contributed by atoms with Crippen LogP contribution in [0.2, 0.25) is 0 Å². The lowest BCUT2D eigenvalue weighted by Gasteiger charge is -2.28. The van der Waals surface area contributed by atoms with E-state index in [-0.39, 0.29) is 38.3 Å². The summed E-state index contributed by atoms with van der Waals surface area (Å²) in [5.74, 6) is -0.925. The first kappa shape index (κ1) is 54.4. The van der Waals surface area contributed by atoms with Gasteiger partial charge in [0.25, 0.3) is 7.82 Å². The largest absolute Gasteiger partial charge is 0.756 e. The molecule has 12 heteroatoms. The molecule has 2 N–H and O–H groups in total. The van der Waals surface area contributed by atoms with E-state index in [2.05, 4.69) is 38.2 Å². The van der Waals surface area contributed by atoms with Crippen LogP contribution in [0, 0.1) is 0 Å². The van der Waals surface area contributed by atoms with Gasteiger partial charge in [0.2, 0.25) is 0 Å². The number of hydrogen-bond donors (Lipinski definition) is 2. The highest BCUT2D eigenvalue weighted by Gasteiger charge is 2.21. The molecule has 4 atom stereocenters. The van der Waals surface area contributed by atoms with Gasteiger partial charge in [-0.15, -0.1) is 0 Å². The molecule has 0 fully saturated rings. The maximum Gasteiger partial charge on any atom is 0.306 e. The summed E-state index contributed by atoms with van der Waals surface area (Å²) in [7, 11) is 1.09. The molecule has 0 aliphatic carbocycles. The zero-order valence-corrected chi connectivity index (χ0v) is 37.2. The van der Waals surface area contributed by atoms with Gasteiger partial charge in [0.1, 0.15) is 19.8 Å². The molecule has 0 aromatic heterocycles. The number of aliphatic hydroxyl groups is 2. The quantitative estimate of drug-likeness (QED) is 0.0201. The van der Waals surface area contributed by atoms with E-state index in [1.54, 1.807) is 0 Å². The van der Waals surface area contributed by atoms with Gasteiger partial charge in [-0.1, -0.05) is 128 Å². The van der Waals surface area contributed by atoms with E-state index in [4.69, 9.17) is 18.5 Å². The van der Waals surface area contributed by atoms with Crippen molar-refractivity contribution in [3.63, 3.8) is 0 Å². The van der Waals surface area contributed by atoms with Crippen molar-refractivity contribution >= 4 is 19.8 Å². The molecule has 0 saturated heterocycles. The highest BCUT2D eigenvalue weighted by molar-refractivity contribution is 7.45. The number of esters is 2. The van der Waals surface area contributed by atoms with E-state index >= 15 is 0 Å². The van der Waals surface area contributed by atoms with Crippen LogP contribution in [0.4, 0.5) is 0 Å². The molecule has 0 saturated carbocycles. The van der Waals surface area contributed by atoms with Gasteiger partial charge in [0, 0.05) is 12.8 Å². The molecular formula is C44H84NO10P. The fourth-order valence-electron chi connectivity index (χ4n) is 5.97. The molecule has 0 spiro atoms. The monoisotopic (exact) mass is 818 g/mol. The van der Waals surface area contributed by atoms with E-state index in [1.807, 2.05) is 21.1 Å². The number of unbranched alkanes of at least 4 members (excludes halogenated alkanes) is 16. The second-order valence-corrected chi connectivity index (χ2v) is 17.8. The highest BCUT2D eigenvalue weighted by atomic mass is 31.2. The lowest BCUT2D eigenvalue weighted by molar-refractivity contribution is -0.870. The summed E-state index contributed by atoms with van der Waals surface area (Å²) < 4.78 is 33.8. The number of carbonyl (C=O) groups excluding carboxylic acids is 2. The van der Waals surface area contributed by atoms with Crippen molar-refractivity contribution in [1.82, 2.24) is 0 Å². The molecule has 1 unspecified atom stereocenters. The summed E-state index contributed by atoms with van der Waals surface area (Å²) in [6.07, 6.45) is 31.1. The average molecular weight is 818 g/mol. The Morgan fingerprint density at radius 2 is 1.09 bits per heavy atom. The first-order valence-electron chi connectivity index (χ1n) is 22.2. The van der Waals surface area contributed by atoms with Crippen LogP contribution in [-0.2, 0) is 32.7 Å². The van der Waals surface area contributed by atoms with Gasteiger partial charge in [0.05, 0.1) is 40.0 Å². The molecule has 0 heterocycles. The highest BCUT2D eigenvalue weighted by Crippen LogP contribution is 2.38. The van der Waals surface area contributed by atoms with Gasteiger partial charge in [-0.05, 0) is 64.2 Å². The number of phosphoric ester groups is 1. The van der Waals surface area contributed by atoms with Gasteiger partial charge in [-0.25, -0.2) is 0 Å². The Morgan fingerprint density at radius 3 is 1.59 bits per heavy atom. The van der Waals surface area contributed by atoms with Crippen molar-refractivity contribution < 1.29 is 52.3 Å². The summed E-state index contributed by atoms with van der Waals surface area (Å²) in [5.41, 5.74) is 0. The third-order valence-electron chi connectivity index (χ3n) is 9.59. The molecule has 0 aromatic rings. The van der Waals surface area contributed by atoms with Crippen LogP contribution in [0.3, 0.4) is 0 Å². The Bertz CT molecular complexity index is 1050. The minimum absolute atomic E-state index is 0.0532. The Morgan fingerprint density at radius 1 is 0.625 bits per heavy atom. The van der Waals surface area contributed by atoms with Gasteiger partial charge in [-0.3, -0.25) is 14.2 Å². The predicted octanol–water partition coefficient (Wildman–Crippen LogP) is 9.67. The minimum Gasteiger partial charge on any atom is -0.756 e. The van der Waals surface area contributed by atoms with Crippen molar-refractivity contribution in [2.24, 2.45) is 0 Å². The molecule has 0 aliphatic rings. The zero-order chi connectivity index (χ0) is 41.8.